The average Bonchev–Trinajstić information content (AvgIpc) is 3.44. The predicted octanol–water partition coefficient (Wildman–Crippen LogP) is 7.38. The summed E-state index contributed by atoms with van der Waals surface area (Å²) in [5.74, 6) is 1.68. The molecule has 5 aromatic rings. The molecule has 0 amide bonds. The molecule has 0 fully saturated rings. The molecule has 0 saturated heterocycles. The monoisotopic (exact) mass is 539 g/mol. The number of alkyl halides is 1. The summed E-state index contributed by atoms with van der Waals surface area (Å²) in [6, 6.07) is 30.5. The van der Waals surface area contributed by atoms with E-state index in [0.29, 0.717) is 40.9 Å². The van der Waals surface area contributed by atoms with Crippen LogP contribution in [0.5, 0.6) is 23.0 Å². The fourth-order valence-electron chi connectivity index (χ4n) is 4.14. The molecule has 0 N–H and O–H groups in total. The van der Waals surface area contributed by atoms with E-state index >= 15 is 0 Å². The maximum absolute atomic E-state index is 13.4. The Kier molecular flexibility index (Phi) is 8.31. The molecule has 1 heterocycles. The van der Waals surface area contributed by atoms with Crippen LogP contribution in [-0.2, 0) is 19.8 Å². The van der Waals surface area contributed by atoms with Crippen molar-refractivity contribution in [2.24, 2.45) is 0 Å². The quantitative estimate of drug-likeness (QED) is 0.121. The van der Waals surface area contributed by atoms with Crippen LogP contribution in [0, 0.1) is 10.1 Å². The molecule has 0 aliphatic heterocycles. The van der Waals surface area contributed by atoms with Crippen molar-refractivity contribution in [2.45, 2.75) is 19.8 Å². The van der Waals surface area contributed by atoms with E-state index in [0.717, 1.165) is 11.1 Å². The zero-order valence-corrected chi connectivity index (χ0v) is 21.5. The molecule has 8 nitrogen and oxygen atoms in total. The summed E-state index contributed by atoms with van der Waals surface area (Å²) in [5, 5.41) is 15.4. The van der Waals surface area contributed by atoms with Crippen molar-refractivity contribution in [3.05, 3.63) is 131 Å². The van der Waals surface area contributed by atoms with E-state index in [4.69, 9.17) is 14.2 Å². The molecule has 0 aliphatic rings. The van der Waals surface area contributed by atoms with Crippen LogP contribution < -0.4 is 14.2 Å². The summed E-state index contributed by atoms with van der Waals surface area (Å²) in [6.07, 6.45) is 1.58. The molecule has 0 radical (unpaired) electrons. The maximum Gasteiger partial charge on any atom is 0.269 e. The first-order valence-corrected chi connectivity index (χ1v) is 12.6. The van der Waals surface area contributed by atoms with Gasteiger partial charge < -0.3 is 14.2 Å². The van der Waals surface area contributed by atoms with Crippen molar-refractivity contribution in [1.29, 1.82) is 0 Å². The standard InChI is InChI=1S/C31H26FN3O5/c32-16-18-34-28(15-17-33-34)31-29(39-22-24-9-5-2-6-10-24)19-27(38-21-23-7-3-1-4-8-23)20-30(31)40-26-13-11-25(12-14-26)35(36)37/h1-15,17,19-20H,16,18,21-22H2. The van der Waals surface area contributed by atoms with Crippen LogP contribution in [0.4, 0.5) is 10.1 Å². The van der Waals surface area contributed by atoms with Gasteiger partial charge in [0.05, 0.1) is 22.7 Å². The molecule has 202 valence electrons. The minimum Gasteiger partial charge on any atom is -0.489 e. The van der Waals surface area contributed by atoms with E-state index in [-0.39, 0.29) is 18.8 Å². The smallest absolute Gasteiger partial charge is 0.269 e. The van der Waals surface area contributed by atoms with Crippen molar-refractivity contribution >= 4 is 5.69 Å². The number of benzene rings is 4. The van der Waals surface area contributed by atoms with Gasteiger partial charge >= 0.3 is 0 Å². The van der Waals surface area contributed by atoms with Crippen LogP contribution >= 0.6 is 0 Å². The van der Waals surface area contributed by atoms with Gasteiger partial charge in [-0.3, -0.25) is 14.8 Å². The third-order valence-corrected chi connectivity index (χ3v) is 6.07. The van der Waals surface area contributed by atoms with E-state index in [1.807, 2.05) is 60.7 Å². The third-order valence-electron chi connectivity index (χ3n) is 6.07. The minimum atomic E-state index is -0.605. The normalized spacial score (nSPS) is 10.7. The minimum absolute atomic E-state index is 0.0453. The van der Waals surface area contributed by atoms with Gasteiger partial charge in [-0.25, -0.2) is 4.39 Å². The van der Waals surface area contributed by atoms with E-state index in [1.165, 1.54) is 28.9 Å². The summed E-state index contributed by atoms with van der Waals surface area (Å²) < 4.78 is 33.7. The summed E-state index contributed by atoms with van der Waals surface area (Å²) in [6.45, 7) is 0.0225. The van der Waals surface area contributed by atoms with Crippen molar-refractivity contribution < 1.29 is 23.5 Å². The number of hydrogen-bond donors (Lipinski definition) is 0. The molecular weight excluding hydrogens is 513 g/mol. The first kappa shape index (κ1) is 26.4. The molecule has 4 aromatic carbocycles. The molecule has 1 aromatic heterocycles. The van der Waals surface area contributed by atoms with Crippen molar-refractivity contribution in [2.75, 3.05) is 6.67 Å². The second-order valence-corrected chi connectivity index (χ2v) is 8.82. The van der Waals surface area contributed by atoms with Crippen molar-refractivity contribution in [1.82, 2.24) is 9.78 Å². The van der Waals surface area contributed by atoms with Crippen LogP contribution in [0.25, 0.3) is 11.3 Å². The Labute approximate surface area is 230 Å². The highest BCUT2D eigenvalue weighted by Crippen LogP contribution is 2.44. The number of hydrogen-bond acceptors (Lipinski definition) is 6. The van der Waals surface area contributed by atoms with Crippen LogP contribution in [0.1, 0.15) is 11.1 Å². The largest absolute Gasteiger partial charge is 0.489 e. The highest BCUT2D eigenvalue weighted by atomic mass is 19.1. The summed E-state index contributed by atoms with van der Waals surface area (Å²) in [5.41, 5.74) is 3.02. The lowest BCUT2D eigenvalue weighted by Gasteiger charge is -2.19. The Hall–Kier alpha value is -5.18. The molecule has 0 unspecified atom stereocenters. The number of halogens is 1. The fourth-order valence-corrected chi connectivity index (χ4v) is 4.14. The number of rotatable bonds is 12. The van der Waals surface area contributed by atoms with Gasteiger partial charge in [0.15, 0.2) is 0 Å². The molecule has 9 heteroatoms. The first-order valence-electron chi connectivity index (χ1n) is 12.6. The lowest BCUT2D eigenvalue weighted by molar-refractivity contribution is -0.384. The zero-order chi connectivity index (χ0) is 27.7. The van der Waals surface area contributed by atoms with Gasteiger partial charge in [-0.2, -0.15) is 5.10 Å². The number of nitro benzene ring substituents is 1. The SMILES string of the molecule is O=[N+]([O-])c1ccc(Oc2cc(OCc3ccccc3)cc(OCc3ccccc3)c2-c2ccnn2CCF)cc1. The van der Waals surface area contributed by atoms with E-state index < -0.39 is 11.6 Å². The van der Waals surface area contributed by atoms with Gasteiger partial charge in [0.1, 0.15) is 42.9 Å². The number of nitrogens with zero attached hydrogens (tertiary/aromatic N) is 3. The molecule has 5 rings (SSSR count). The van der Waals surface area contributed by atoms with Gasteiger partial charge in [-0.1, -0.05) is 60.7 Å². The van der Waals surface area contributed by atoms with Crippen molar-refractivity contribution in [3.8, 4) is 34.3 Å². The van der Waals surface area contributed by atoms with Crippen LogP contribution in [0.2, 0.25) is 0 Å². The highest BCUT2D eigenvalue weighted by Gasteiger charge is 2.21. The molecule has 0 aliphatic carbocycles. The van der Waals surface area contributed by atoms with Gasteiger partial charge in [0.25, 0.3) is 5.69 Å². The maximum atomic E-state index is 13.4. The lowest BCUT2D eigenvalue weighted by atomic mass is 10.1. The molecular formula is C31H26FN3O5. The van der Waals surface area contributed by atoms with E-state index in [2.05, 4.69) is 5.10 Å². The van der Waals surface area contributed by atoms with Gasteiger partial charge in [-0.05, 0) is 29.3 Å². The Bertz CT molecular complexity index is 1560. The number of aryl methyl sites for hydroxylation is 1. The second kappa shape index (κ2) is 12.6. The van der Waals surface area contributed by atoms with E-state index in [1.54, 1.807) is 24.4 Å². The number of nitro groups is 1. The number of non-ortho nitro benzene ring substituents is 1. The summed E-state index contributed by atoms with van der Waals surface area (Å²) in [4.78, 5) is 10.7. The van der Waals surface area contributed by atoms with Crippen LogP contribution in [-0.4, -0.2) is 21.4 Å². The van der Waals surface area contributed by atoms with Crippen LogP contribution in [0.3, 0.4) is 0 Å². The Balaban J connectivity index is 1.58. The Morgan fingerprint density at radius 3 is 2.02 bits per heavy atom. The van der Waals surface area contributed by atoms with Gasteiger partial charge in [-0.15, -0.1) is 0 Å². The summed E-state index contributed by atoms with van der Waals surface area (Å²) >= 11 is 0. The molecule has 0 spiro atoms. The highest BCUT2D eigenvalue weighted by molar-refractivity contribution is 5.76. The van der Waals surface area contributed by atoms with Crippen molar-refractivity contribution in [3.63, 3.8) is 0 Å². The average molecular weight is 540 g/mol. The summed E-state index contributed by atoms with van der Waals surface area (Å²) in [7, 11) is 0. The van der Waals surface area contributed by atoms with E-state index in [9.17, 15) is 14.5 Å². The molecule has 0 bridgehead atoms. The fraction of sp³-hybridized carbons (Fsp3) is 0.129. The van der Waals surface area contributed by atoms with Gasteiger partial charge in [0, 0.05) is 30.5 Å². The zero-order valence-electron chi connectivity index (χ0n) is 21.5. The van der Waals surface area contributed by atoms with Gasteiger partial charge in [0.2, 0.25) is 0 Å². The predicted molar refractivity (Wildman–Crippen MR) is 148 cm³/mol. The first-order chi connectivity index (χ1) is 19.6. The topological polar surface area (TPSA) is 88.7 Å². The Morgan fingerprint density at radius 1 is 0.775 bits per heavy atom. The Morgan fingerprint density at radius 2 is 1.40 bits per heavy atom. The molecule has 40 heavy (non-hydrogen) atoms. The second-order valence-electron chi connectivity index (χ2n) is 8.82. The third kappa shape index (κ3) is 6.44. The molecule has 0 atom stereocenters. The number of ether oxygens (including phenoxy) is 3. The number of aromatic nitrogens is 2. The van der Waals surface area contributed by atoms with Crippen LogP contribution in [0.15, 0.2) is 109 Å². The lowest BCUT2D eigenvalue weighted by Crippen LogP contribution is -2.06. The molecule has 0 saturated carbocycles.